The van der Waals surface area contributed by atoms with E-state index in [-0.39, 0.29) is 5.43 Å². The van der Waals surface area contributed by atoms with Crippen LogP contribution in [0.5, 0.6) is 0 Å². The van der Waals surface area contributed by atoms with Crippen LogP contribution in [-0.4, -0.2) is 0 Å². The van der Waals surface area contributed by atoms with Crippen LogP contribution in [0.1, 0.15) is 25.0 Å². The van der Waals surface area contributed by atoms with Crippen LogP contribution < -0.4 is 5.43 Å². The Balaban J connectivity index is 2.54. The molecule has 1 heterocycles. The molecule has 0 fully saturated rings. The van der Waals surface area contributed by atoms with Crippen molar-refractivity contribution in [1.82, 2.24) is 0 Å². The zero-order chi connectivity index (χ0) is 13.4. The van der Waals surface area contributed by atoms with Crippen LogP contribution in [0, 0.1) is 0 Å². The van der Waals surface area contributed by atoms with E-state index in [9.17, 15) is 4.79 Å². The maximum absolute atomic E-state index is 12.6. The molecule has 0 bridgehead atoms. The first-order valence-corrected chi connectivity index (χ1v) is 7.54. The second-order valence-electron chi connectivity index (χ2n) is 4.71. The van der Waals surface area contributed by atoms with Gasteiger partial charge in [0.15, 0.2) is 5.43 Å². The Morgan fingerprint density at radius 3 is 2.47 bits per heavy atom. The second-order valence-corrected chi connectivity index (χ2v) is 5.77. The van der Waals surface area contributed by atoms with Gasteiger partial charge in [-0.05, 0) is 42.2 Å². The first-order chi connectivity index (χ1) is 9.26. The molecule has 3 aromatic rings. The van der Waals surface area contributed by atoms with E-state index < -0.39 is 0 Å². The number of hydrogen-bond acceptors (Lipinski definition) is 2. The van der Waals surface area contributed by atoms with Gasteiger partial charge in [-0.2, -0.15) is 0 Å². The monoisotopic (exact) mass is 268 g/mol. The van der Waals surface area contributed by atoms with Crippen molar-refractivity contribution in [2.45, 2.75) is 26.7 Å². The molecule has 2 aromatic carbocycles. The molecule has 1 nitrogen and oxygen atoms in total. The van der Waals surface area contributed by atoms with E-state index in [2.05, 4.69) is 19.9 Å². The Hall–Kier alpha value is -1.67. The Morgan fingerprint density at radius 1 is 0.947 bits per heavy atom. The van der Waals surface area contributed by atoms with Crippen LogP contribution in [-0.2, 0) is 12.8 Å². The van der Waals surface area contributed by atoms with Gasteiger partial charge in [0.25, 0.3) is 0 Å². The topological polar surface area (TPSA) is 17.1 Å². The zero-order valence-electron chi connectivity index (χ0n) is 11.2. The molecule has 0 aliphatic rings. The van der Waals surface area contributed by atoms with Crippen molar-refractivity contribution >= 4 is 31.5 Å². The molecule has 0 N–H and O–H groups in total. The molecular weight excluding hydrogens is 252 g/mol. The van der Waals surface area contributed by atoms with Crippen LogP contribution in [0.25, 0.3) is 20.2 Å². The Morgan fingerprint density at radius 2 is 1.74 bits per heavy atom. The summed E-state index contributed by atoms with van der Waals surface area (Å²) in [6.45, 7) is 4.34. The van der Waals surface area contributed by atoms with Crippen molar-refractivity contribution in [2.24, 2.45) is 0 Å². The third kappa shape index (κ3) is 1.87. The molecule has 0 atom stereocenters. The lowest BCUT2D eigenvalue weighted by molar-refractivity contribution is 1.05. The molecule has 0 aliphatic carbocycles. The first kappa shape index (κ1) is 12.4. The number of benzene rings is 2. The Bertz CT molecular complexity index is 814. The molecule has 1 aromatic heterocycles. The molecule has 3 rings (SSSR count). The van der Waals surface area contributed by atoms with Gasteiger partial charge < -0.3 is 0 Å². The highest BCUT2D eigenvalue weighted by Crippen LogP contribution is 2.29. The summed E-state index contributed by atoms with van der Waals surface area (Å²) < 4.78 is 2.26. The molecule has 96 valence electrons. The quantitative estimate of drug-likeness (QED) is 0.624. The van der Waals surface area contributed by atoms with Gasteiger partial charge in [-0.25, -0.2) is 0 Å². The van der Waals surface area contributed by atoms with Gasteiger partial charge in [-0.1, -0.05) is 32.0 Å². The molecule has 0 saturated carbocycles. The Kier molecular flexibility index (Phi) is 3.11. The lowest BCUT2D eigenvalue weighted by Crippen LogP contribution is -2.03. The van der Waals surface area contributed by atoms with E-state index in [0.29, 0.717) is 0 Å². The molecule has 0 unspecified atom stereocenters. The van der Waals surface area contributed by atoms with Crippen molar-refractivity contribution in [1.29, 1.82) is 0 Å². The number of fused-ring (bicyclic) bond motifs is 2. The van der Waals surface area contributed by atoms with Gasteiger partial charge in [0.1, 0.15) is 0 Å². The lowest BCUT2D eigenvalue weighted by atomic mass is 10.0. The molecule has 0 radical (unpaired) electrons. The number of aryl methyl sites for hydroxylation is 2. The van der Waals surface area contributed by atoms with E-state index >= 15 is 0 Å². The van der Waals surface area contributed by atoms with Crippen molar-refractivity contribution in [3.63, 3.8) is 0 Å². The largest absolute Gasteiger partial charge is 0.289 e. The van der Waals surface area contributed by atoms with Crippen molar-refractivity contribution < 1.29 is 0 Å². The fourth-order valence-corrected chi connectivity index (χ4v) is 3.99. The number of rotatable bonds is 2. The molecule has 19 heavy (non-hydrogen) atoms. The fraction of sp³-hybridized carbons (Fsp3) is 0.235. The smallest absolute Gasteiger partial charge is 0.195 e. The first-order valence-electron chi connectivity index (χ1n) is 6.72. The summed E-state index contributed by atoms with van der Waals surface area (Å²) in [5.41, 5.74) is 2.87. The highest BCUT2D eigenvalue weighted by Gasteiger charge is 2.10. The average Bonchev–Trinajstić information content (AvgIpc) is 2.46. The van der Waals surface area contributed by atoms with E-state index in [1.807, 2.05) is 30.3 Å². The van der Waals surface area contributed by atoms with E-state index in [1.165, 1.54) is 15.8 Å². The summed E-state index contributed by atoms with van der Waals surface area (Å²) in [5, 5.41) is 1.71. The van der Waals surface area contributed by atoms with E-state index in [4.69, 9.17) is 0 Å². The van der Waals surface area contributed by atoms with E-state index in [0.717, 1.165) is 28.3 Å². The molecule has 0 amide bonds. The van der Waals surface area contributed by atoms with Crippen molar-refractivity contribution in [3.05, 3.63) is 57.7 Å². The van der Waals surface area contributed by atoms with Crippen LogP contribution >= 0.6 is 11.3 Å². The summed E-state index contributed by atoms with van der Waals surface area (Å²) in [4.78, 5) is 12.6. The van der Waals surface area contributed by atoms with Gasteiger partial charge in [0, 0.05) is 20.2 Å². The minimum absolute atomic E-state index is 0.168. The third-order valence-corrected chi connectivity index (χ3v) is 4.93. The summed E-state index contributed by atoms with van der Waals surface area (Å²) in [7, 11) is 0. The van der Waals surface area contributed by atoms with Crippen LogP contribution in [0.3, 0.4) is 0 Å². The van der Waals surface area contributed by atoms with Crippen LogP contribution in [0.4, 0.5) is 0 Å². The summed E-state index contributed by atoms with van der Waals surface area (Å²) in [6, 6.07) is 12.0. The molecule has 2 heteroatoms. The number of hydrogen-bond donors (Lipinski definition) is 0. The van der Waals surface area contributed by atoms with Gasteiger partial charge in [0.05, 0.1) is 0 Å². The third-order valence-electron chi connectivity index (χ3n) is 3.68. The van der Waals surface area contributed by atoms with Gasteiger partial charge in [-0.3, -0.25) is 4.79 Å². The highest BCUT2D eigenvalue weighted by molar-refractivity contribution is 7.24. The average molecular weight is 268 g/mol. The maximum Gasteiger partial charge on any atom is 0.195 e. The SMILES string of the molecule is CCc1ccc2c(=O)c3ccccc3sc2c1CC. The Labute approximate surface area is 116 Å². The molecule has 0 aliphatic heterocycles. The zero-order valence-corrected chi connectivity index (χ0v) is 12.0. The predicted octanol–water partition coefficient (Wildman–Crippen LogP) is 4.54. The predicted molar refractivity (Wildman–Crippen MR) is 84.4 cm³/mol. The highest BCUT2D eigenvalue weighted by atomic mass is 32.1. The molecular formula is C17H16OS. The summed E-state index contributed by atoms with van der Waals surface area (Å²) in [5.74, 6) is 0. The fourth-order valence-electron chi connectivity index (χ4n) is 2.68. The van der Waals surface area contributed by atoms with Crippen molar-refractivity contribution in [3.8, 4) is 0 Å². The minimum Gasteiger partial charge on any atom is -0.289 e. The summed E-state index contributed by atoms with van der Waals surface area (Å²) >= 11 is 1.75. The van der Waals surface area contributed by atoms with E-state index in [1.54, 1.807) is 11.3 Å². The lowest BCUT2D eigenvalue weighted by Gasteiger charge is -2.10. The normalized spacial score (nSPS) is 11.3. The van der Waals surface area contributed by atoms with Gasteiger partial charge in [-0.15, -0.1) is 11.3 Å². The van der Waals surface area contributed by atoms with Gasteiger partial charge >= 0.3 is 0 Å². The van der Waals surface area contributed by atoms with Crippen LogP contribution in [0.15, 0.2) is 41.2 Å². The van der Waals surface area contributed by atoms with Crippen molar-refractivity contribution in [2.75, 3.05) is 0 Å². The second kappa shape index (κ2) is 4.78. The minimum atomic E-state index is 0.168. The summed E-state index contributed by atoms with van der Waals surface area (Å²) in [6.07, 6.45) is 2.00. The molecule has 0 spiro atoms. The van der Waals surface area contributed by atoms with Gasteiger partial charge in [0.2, 0.25) is 0 Å². The standard InChI is InChI=1S/C17H16OS/c1-3-11-9-10-14-16(18)13-7-5-6-8-15(13)19-17(14)12(11)4-2/h5-10H,3-4H2,1-2H3. The molecule has 0 saturated heterocycles. The maximum atomic E-state index is 12.6. The van der Waals surface area contributed by atoms with Crippen LogP contribution in [0.2, 0.25) is 0 Å².